The molecule has 3 aromatic heterocycles. The fourth-order valence-electron chi connectivity index (χ4n) is 4.57. The Balaban J connectivity index is 1.24. The molecule has 2 fully saturated rings. The SMILES string of the molecule is c1ccc(-c2ccc(CNc3cc(N[C@H]4CCCNC4)nc4c(C5CC5)cnn34)cc2)nc1. The number of anilines is 2. The quantitative estimate of drug-likeness (QED) is 0.395. The number of pyridine rings is 1. The molecule has 2 aliphatic rings. The van der Waals surface area contributed by atoms with Crippen LogP contribution in [-0.2, 0) is 6.54 Å². The molecule has 7 heteroatoms. The highest BCUT2D eigenvalue weighted by Gasteiger charge is 2.28. The molecule has 6 rings (SSSR count). The van der Waals surface area contributed by atoms with E-state index in [1.54, 1.807) is 0 Å². The molecule has 4 aromatic rings. The summed E-state index contributed by atoms with van der Waals surface area (Å²) in [4.78, 5) is 9.41. The first-order chi connectivity index (χ1) is 16.3. The number of hydrogen-bond donors (Lipinski definition) is 3. The van der Waals surface area contributed by atoms with Crippen LogP contribution >= 0.6 is 0 Å². The van der Waals surface area contributed by atoms with Crippen molar-refractivity contribution in [1.82, 2.24) is 24.9 Å². The van der Waals surface area contributed by atoms with Crippen LogP contribution in [-0.4, -0.2) is 38.7 Å². The van der Waals surface area contributed by atoms with Crippen LogP contribution in [0, 0.1) is 0 Å². The summed E-state index contributed by atoms with van der Waals surface area (Å²) in [6, 6.07) is 17.1. The summed E-state index contributed by atoms with van der Waals surface area (Å²) in [5.74, 6) is 2.49. The standard InChI is InChI=1S/C26H29N7/c1-2-13-28-23(5-1)20-8-6-18(7-9-20)15-29-25-14-24(31-21-4-3-12-27-16-21)32-26-22(19-10-11-19)17-30-33(25)26/h1-2,5-9,13-14,17,19,21,27,29H,3-4,10-12,15-16H2,(H,31,32)/t21-/m0/s1. The maximum absolute atomic E-state index is 4.97. The van der Waals surface area contributed by atoms with Crippen molar-refractivity contribution in [3.63, 3.8) is 0 Å². The molecule has 1 saturated carbocycles. The molecule has 1 aliphatic heterocycles. The molecule has 1 saturated heterocycles. The van der Waals surface area contributed by atoms with Crippen LogP contribution in [0.5, 0.6) is 0 Å². The van der Waals surface area contributed by atoms with Crippen LogP contribution < -0.4 is 16.0 Å². The predicted molar refractivity (Wildman–Crippen MR) is 131 cm³/mol. The van der Waals surface area contributed by atoms with E-state index in [2.05, 4.69) is 56.4 Å². The summed E-state index contributed by atoms with van der Waals surface area (Å²) in [6.45, 7) is 2.79. The second-order valence-electron chi connectivity index (χ2n) is 9.09. The molecule has 0 spiro atoms. The van der Waals surface area contributed by atoms with Gasteiger partial charge in [0.25, 0.3) is 0 Å². The second kappa shape index (κ2) is 8.83. The maximum Gasteiger partial charge on any atom is 0.163 e. The number of piperidine rings is 1. The van der Waals surface area contributed by atoms with Crippen LogP contribution in [0.25, 0.3) is 16.9 Å². The third kappa shape index (κ3) is 4.41. The van der Waals surface area contributed by atoms with E-state index < -0.39 is 0 Å². The lowest BCUT2D eigenvalue weighted by molar-refractivity contribution is 0.479. The van der Waals surface area contributed by atoms with E-state index in [9.17, 15) is 0 Å². The Labute approximate surface area is 193 Å². The minimum atomic E-state index is 0.410. The van der Waals surface area contributed by atoms with Crippen LogP contribution in [0.4, 0.5) is 11.6 Å². The largest absolute Gasteiger partial charge is 0.366 e. The summed E-state index contributed by atoms with van der Waals surface area (Å²) in [5, 5.41) is 15.4. The van der Waals surface area contributed by atoms with Gasteiger partial charge in [-0.05, 0) is 55.8 Å². The first-order valence-electron chi connectivity index (χ1n) is 11.9. The number of nitrogens with zero attached hydrogens (tertiary/aromatic N) is 4. The average molecular weight is 440 g/mol. The van der Waals surface area contributed by atoms with Gasteiger partial charge in [-0.1, -0.05) is 30.3 Å². The highest BCUT2D eigenvalue weighted by Crippen LogP contribution is 2.42. The molecule has 0 bridgehead atoms. The molecule has 0 amide bonds. The highest BCUT2D eigenvalue weighted by molar-refractivity contribution is 5.62. The van der Waals surface area contributed by atoms with Gasteiger partial charge in [0.15, 0.2) is 5.65 Å². The van der Waals surface area contributed by atoms with Crippen molar-refractivity contribution in [2.45, 2.75) is 44.2 Å². The lowest BCUT2D eigenvalue weighted by Gasteiger charge is -2.24. The predicted octanol–water partition coefficient (Wildman–Crippen LogP) is 4.44. The van der Waals surface area contributed by atoms with Crippen LogP contribution in [0.2, 0.25) is 0 Å². The third-order valence-corrected chi connectivity index (χ3v) is 6.55. The minimum Gasteiger partial charge on any atom is -0.366 e. The number of hydrogen-bond acceptors (Lipinski definition) is 6. The number of benzene rings is 1. The zero-order chi connectivity index (χ0) is 22.0. The van der Waals surface area contributed by atoms with Crippen LogP contribution in [0.1, 0.15) is 42.7 Å². The second-order valence-corrected chi connectivity index (χ2v) is 9.09. The van der Waals surface area contributed by atoms with Gasteiger partial charge in [0, 0.05) is 42.5 Å². The summed E-state index contributed by atoms with van der Waals surface area (Å²) in [6.07, 6.45) is 8.66. The molecule has 33 heavy (non-hydrogen) atoms. The van der Waals surface area contributed by atoms with E-state index in [1.165, 1.54) is 36.8 Å². The zero-order valence-electron chi connectivity index (χ0n) is 18.7. The van der Waals surface area contributed by atoms with Crippen molar-refractivity contribution in [1.29, 1.82) is 0 Å². The van der Waals surface area contributed by atoms with Crippen molar-refractivity contribution < 1.29 is 0 Å². The van der Waals surface area contributed by atoms with Gasteiger partial charge >= 0.3 is 0 Å². The van der Waals surface area contributed by atoms with Gasteiger partial charge in [0.2, 0.25) is 0 Å². The van der Waals surface area contributed by atoms with E-state index >= 15 is 0 Å². The summed E-state index contributed by atoms with van der Waals surface area (Å²) >= 11 is 0. The summed E-state index contributed by atoms with van der Waals surface area (Å²) < 4.78 is 1.96. The molecule has 3 N–H and O–H groups in total. The van der Waals surface area contributed by atoms with E-state index in [0.29, 0.717) is 18.5 Å². The van der Waals surface area contributed by atoms with E-state index in [0.717, 1.165) is 41.6 Å². The molecule has 1 aromatic carbocycles. The van der Waals surface area contributed by atoms with Gasteiger partial charge in [-0.3, -0.25) is 4.98 Å². The Hall–Kier alpha value is -3.45. The monoisotopic (exact) mass is 439 g/mol. The van der Waals surface area contributed by atoms with Gasteiger partial charge in [-0.15, -0.1) is 0 Å². The van der Waals surface area contributed by atoms with Gasteiger partial charge < -0.3 is 16.0 Å². The fraction of sp³-hybridized carbons (Fsp3) is 0.346. The van der Waals surface area contributed by atoms with E-state index in [4.69, 9.17) is 4.98 Å². The molecule has 1 atom stereocenters. The zero-order valence-corrected chi connectivity index (χ0v) is 18.7. The smallest absolute Gasteiger partial charge is 0.163 e. The van der Waals surface area contributed by atoms with Gasteiger partial charge in [-0.25, -0.2) is 4.98 Å². The third-order valence-electron chi connectivity index (χ3n) is 6.55. The number of rotatable bonds is 7. The summed E-state index contributed by atoms with van der Waals surface area (Å²) in [5.41, 5.74) is 5.56. The Bertz CT molecular complexity index is 1220. The number of nitrogens with one attached hydrogen (secondary N) is 3. The van der Waals surface area contributed by atoms with Crippen molar-refractivity contribution in [2.75, 3.05) is 23.7 Å². The highest BCUT2D eigenvalue weighted by atomic mass is 15.3. The Kier molecular flexibility index (Phi) is 5.40. The number of fused-ring (bicyclic) bond motifs is 1. The molecular weight excluding hydrogens is 410 g/mol. The normalized spacial score (nSPS) is 18.4. The first kappa shape index (κ1) is 20.2. The summed E-state index contributed by atoms with van der Waals surface area (Å²) in [7, 11) is 0. The Morgan fingerprint density at radius 1 is 1.06 bits per heavy atom. The molecular formula is C26H29N7. The average Bonchev–Trinajstić information content (AvgIpc) is 3.63. The lowest BCUT2D eigenvalue weighted by Crippen LogP contribution is -2.38. The van der Waals surface area contributed by atoms with Gasteiger partial charge in [0.1, 0.15) is 11.6 Å². The van der Waals surface area contributed by atoms with Crippen LogP contribution in [0.3, 0.4) is 0 Å². The lowest BCUT2D eigenvalue weighted by atomic mass is 10.1. The molecule has 1 aliphatic carbocycles. The van der Waals surface area contributed by atoms with Crippen molar-refractivity contribution >= 4 is 17.3 Å². The molecule has 0 radical (unpaired) electrons. The van der Waals surface area contributed by atoms with Gasteiger partial charge in [0.05, 0.1) is 11.9 Å². The molecule has 7 nitrogen and oxygen atoms in total. The van der Waals surface area contributed by atoms with E-state index in [-0.39, 0.29) is 0 Å². The van der Waals surface area contributed by atoms with Crippen molar-refractivity contribution in [2.24, 2.45) is 0 Å². The fourth-order valence-corrected chi connectivity index (χ4v) is 4.57. The topological polar surface area (TPSA) is 79.2 Å². The van der Waals surface area contributed by atoms with Crippen molar-refractivity contribution in [3.8, 4) is 11.3 Å². The van der Waals surface area contributed by atoms with Gasteiger partial charge in [-0.2, -0.15) is 9.61 Å². The molecule has 4 heterocycles. The molecule has 0 unspecified atom stereocenters. The Morgan fingerprint density at radius 2 is 1.97 bits per heavy atom. The Morgan fingerprint density at radius 3 is 2.73 bits per heavy atom. The minimum absolute atomic E-state index is 0.410. The molecule has 168 valence electrons. The van der Waals surface area contributed by atoms with E-state index in [1.807, 2.05) is 35.1 Å². The maximum atomic E-state index is 4.97. The first-order valence-corrected chi connectivity index (χ1v) is 11.9. The number of aromatic nitrogens is 4. The van der Waals surface area contributed by atoms with Crippen LogP contribution in [0.15, 0.2) is 60.9 Å². The van der Waals surface area contributed by atoms with Crippen molar-refractivity contribution in [3.05, 3.63) is 72.1 Å².